The number of benzene rings is 3. The molecule has 0 spiro atoms. The van der Waals surface area contributed by atoms with Crippen molar-refractivity contribution < 1.29 is 10.2 Å². The van der Waals surface area contributed by atoms with Crippen molar-refractivity contribution in [2.75, 3.05) is 0 Å². The summed E-state index contributed by atoms with van der Waals surface area (Å²) in [6.07, 6.45) is 0.0344. The molecule has 20 heavy (non-hydrogen) atoms. The van der Waals surface area contributed by atoms with E-state index in [-0.39, 0.29) is 0 Å². The van der Waals surface area contributed by atoms with Crippen LogP contribution in [0.3, 0.4) is 0 Å². The van der Waals surface area contributed by atoms with Gasteiger partial charge in [-0.2, -0.15) is 0 Å². The van der Waals surface area contributed by atoms with Gasteiger partial charge in [0.05, 0.1) is 6.10 Å². The van der Waals surface area contributed by atoms with E-state index in [0.29, 0.717) is 6.42 Å². The molecule has 0 aliphatic heterocycles. The molecule has 1 aliphatic carbocycles. The predicted octanol–water partition coefficient (Wildman–Crippen LogP) is 3.33. The smallest absolute Gasteiger partial charge is 0.105 e. The maximum atomic E-state index is 10.2. The van der Waals surface area contributed by atoms with Crippen LogP contribution in [0.15, 0.2) is 48.5 Å². The van der Waals surface area contributed by atoms with Gasteiger partial charge in [-0.3, -0.25) is 0 Å². The molecule has 0 saturated heterocycles. The summed E-state index contributed by atoms with van der Waals surface area (Å²) >= 11 is 0. The zero-order chi connectivity index (χ0) is 13.7. The molecule has 2 atom stereocenters. The average molecular weight is 264 g/mol. The van der Waals surface area contributed by atoms with E-state index in [0.717, 1.165) is 12.0 Å². The zero-order valence-electron chi connectivity index (χ0n) is 11.1. The Kier molecular flexibility index (Phi) is 2.56. The highest BCUT2D eigenvalue weighted by molar-refractivity contribution is 6.09. The Morgan fingerprint density at radius 2 is 1.60 bits per heavy atom. The first-order valence-corrected chi connectivity index (χ1v) is 7.05. The number of hydrogen-bond acceptors (Lipinski definition) is 2. The lowest BCUT2D eigenvalue weighted by molar-refractivity contribution is 0.00676. The van der Waals surface area contributed by atoms with E-state index >= 15 is 0 Å². The highest BCUT2D eigenvalue weighted by atomic mass is 16.3. The third-order valence-electron chi connectivity index (χ3n) is 4.43. The van der Waals surface area contributed by atoms with Crippen LogP contribution in [0.2, 0.25) is 0 Å². The van der Waals surface area contributed by atoms with Crippen molar-refractivity contribution in [3.63, 3.8) is 0 Å². The highest BCUT2D eigenvalue weighted by Gasteiger charge is 2.27. The Balaban J connectivity index is 2.14. The van der Waals surface area contributed by atoms with Crippen molar-refractivity contribution >= 4 is 21.5 Å². The lowest BCUT2D eigenvalue weighted by Crippen LogP contribution is -2.25. The Morgan fingerprint density at radius 1 is 0.850 bits per heavy atom. The van der Waals surface area contributed by atoms with E-state index in [4.69, 9.17) is 0 Å². The van der Waals surface area contributed by atoms with Gasteiger partial charge in [0.25, 0.3) is 0 Å². The predicted molar refractivity (Wildman–Crippen MR) is 80.7 cm³/mol. The van der Waals surface area contributed by atoms with Crippen molar-refractivity contribution in [2.24, 2.45) is 0 Å². The van der Waals surface area contributed by atoms with Crippen LogP contribution in [0.4, 0.5) is 0 Å². The van der Waals surface area contributed by atoms with Crippen LogP contribution in [-0.4, -0.2) is 16.3 Å². The van der Waals surface area contributed by atoms with Gasteiger partial charge < -0.3 is 10.2 Å². The van der Waals surface area contributed by atoms with Gasteiger partial charge in [-0.1, -0.05) is 48.5 Å². The zero-order valence-corrected chi connectivity index (χ0v) is 11.1. The largest absolute Gasteiger partial charge is 0.390 e. The molecule has 2 nitrogen and oxygen atoms in total. The summed E-state index contributed by atoms with van der Waals surface area (Å²) in [6.45, 7) is 0. The minimum Gasteiger partial charge on any atom is -0.390 e. The summed E-state index contributed by atoms with van der Waals surface area (Å²) in [5.41, 5.74) is 2.07. The fraction of sp³-hybridized carbons (Fsp3) is 0.222. The standard InChI is InChI=1S/C18H16O2/c19-16-10-9-14-15(18(16)20)8-7-12-6-5-11-3-1-2-4-13(11)17(12)14/h1-8,16,18-20H,9-10H2/t16-,18-/m1/s1. The van der Waals surface area contributed by atoms with E-state index < -0.39 is 12.2 Å². The maximum absolute atomic E-state index is 10.2. The molecule has 3 aromatic rings. The summed E-state index contributed by atoms with van der Waals surface area (Å²) in [5.74, 6) is 0. The monoisotopic (exact) mass is 264 g/mol. The first-order chi connectivity index (χ1) is 9.75. The molecule has 2 heteroatoms. The minimum absolute atomic E-state index is 0.622. The molecule has 0 heterocycles. The second-order valence-electron chi connectivity index (χ2n) is 5.57. The lowest BCUT2D eigenvalue weighted by atomic mass is 9.83. The molecular weight excluding hydrogens is 248 g/mol. The molecule has 0 unspecified atom stereocenters. The Hall–Kier alpha value is -1.90. The second kappa shape index (κ2) is 4.30. The van der Waals surface area contributed by atoms with E-state index in [2.05, 4.69) is 30.3 Å². The molecule has 3 aromatic carbocycles. The van der Waals surface area contributed by atoms with Gasteiger partial charge in [-0.25, -0.2) is 0 Å². The molecule has 0 fully saturated rings. The average Bonchev–Trinajstić information content (AvgIpc) is 2.50. The first-order valence-electron chi connectivity index (χ1n) is 7.05. The molecule has 0 aromatic heterocycles. The summed E-state index contributed by atoms with van der Waals surface area (Å²) < 4.78 is 0. The van der Waals surface area contributed by atoms with Gasteiger partial charge in [-0.05, 0) is 45.5 Å². The third kappa shape index (κ3) is 1.59. The van der Waals surface area contributed by atoms with Gasteiger partial charge >= 0.3 is 0 Å². The number of fused-ring (bicyclic) bond motifs is 5. The molecule has 0 radical (unpaired) electrons. The van der Waals surface area contributed by atoms with Gasteiger partial charge in [0.1, 0.15) is 6.10 Å². The maximum Gasteiger partial charge on any atom is 0.105 e. The first kappa shape index (κ1) is 11.9. The van der Waals surface area contributed by atoms with Crippen molar-refractivity contribution in [1.29, 1.82) is 0 Å². The number of hydrogen-bond donors (Lipinski definition) is 2. The van der Waals surface area contributed by atoms with Gasteiger partial charge in [0.2, 0.25) is 0 Å². The molecule has 2 N–H and O–H groups in total. The van der Waals surface area contributed by atoms with E-state index in [9.17, 15) is 10.2 Å². The summed E-state index contributed by atoms with van der Waals surface area (Å²) in [4.78, 5) is 0. The van der Waals surface area contributed by atoms with Gasteiger partial charge in [0.15, 0.2) is 0 Å². The number of rotatable bonds is 0. The summed E-state index contributed by atoms with van der Waals surface area (Å²) in [5, 5.41) is 24.9. The minimum atomic E-state index is -0.762. The van der Waals surface area contributed by atoms with E-state index in [1.807, 2.05) is 18.2 Å². The van der Waals surface area contributed by atoms with E-state index in [1.165, 1.54) is 27.1 Å². The highest BCUT2D eigenvalue weighted by Crippen LogP contribution is 2.37. The fourth-order valence-electron chi connectivity index (χ4n) is 3.39. The lowest BCUT2D eigenvalue weighted by Gasteiger charge is -2.28. The SMILES string of the molecule is O[C@@H]1CCc2c(ccc3ccc4ccccc4c23)[C@H]1O. The quantitative estimate of drug-likeness (QED) is 0.611. The molecule has 0 saturated carbocycles. The molecule has 100 valence electrons. The normalized spacial score (nSPS) is 22.1. The molecule has 0 bridgehead atoms. The van der Waals surface area contributed by atoms with Crippen molar-refractivity contribution in [2.45, 2.75) is 25.0 Å². The van der Waals surface area contributed by atoms with Gasteiger partial charge in [-0.15, -0.1) is 0 Å². The molecule has 1 aliphatic rings. The topological polar surface area (TPSA) is 40.5 Å². The van der Waals surface area contributed by atoms with Crippen LogP contribution in [0.5, 0.6) is 0 Å². The van der Waals surface area contributed by atoms with Crippen LogP contribution in [-0.2, 0) is 6.42 Å². The van der Waals surface area contributed by atoms with Crippen LogP contribution in [0.25, 0.3) is 21.5 Å². The van der Waals surface area contributed by atoms with Crippen molar-refractivity contribution in [1.82, 2.24) is 0 Å². The van der Waals surface area contributed by atoms with Crippen molar-refractivity contribution in [3.05, 3.63) is 59.7 Å². The Morgan fingerprint density at radius 3 is 2.50 bits per heavy atom. The fourth-order valence-corrected chi connectivity index (χ4v) is 3.39. The van der Waals surface area contributed by atoms with Crippen LogP contribution < -0.4 is 0 Å². The Labute approximate surface area is 117 Å². The Bertz CT molecular complexity index is 807. The summed E-state index contributed by atoms with van der Waals surface area (Å²) in [6, 6.07) is 16.6. The summed E-state index contributed by atoms with van der Waals surface area (Å²) in [7, 11) is 0. The second-order valence-corrected chi connectivity index (χ2v) is 5.57. The number of aliphatic hydroxyl groups excluding tert-OH is 2. The molecule has 0 amide bonds. The van der Waals surface area contributed by atoms with Crippen LogP contribution >= 0.6 is 0 Å². The molecule has 4 rings (SSSR count). The molecular formula is C18H16O2. The van der Waals surface area contributed by atoms with Crippen LogP contribution in [0.1, 0.15) is 23.7 Å². The number of aliphatic hydroxyl groups is 2. The number of aryl methyl sites for hydroxylation is 1. The van der Waals surface area contributed by atoms with Crippen LogP contribution in [0, 0.1) is 0 Å². The van der Waals surface area contributed by atoms with Gasteiger partial charge in [0, 0.05) is 0 Å². The third-order valence-corrected chi connectivity index (χ3v) is 4.43. The van der Waals surface area contributed by atoms with Crippen molar-refractivity contribution in [3.8, 4) is 0 Å². The van der Waals surface area contributed by atoms with E-state index in [1.54, 1.807) is 0 Å².